The standard InChI is InChI=1S/C10H8O.C6H7N/c11-10-6-5-8-3-1-2-4-9(8)7-10;7-6-4-2-1-3-5-6/h1-7,11H;1-5H,7H2. The molecule has 0 saturated heterocycles. The number of hydrogen-bond acceptors (Lipinski definition) is 2. The fourth-order valence-corrected chi connectivity index (χ4v) is 1.63. The third-order valence-corrected chi connectivity index (χ3v) is 2.53. The van der Waals surface area contributed by atoms with Crippen LogP contribution in [0.1, 0.15) is 0 Å². The Kier molecular flexibility index (Phi) is 3.82. The molecule has 3 rings (SSSR count). The van der Waals surface area contributed by atoms with Gasteiger partial charge in [-0.1, -0.05) is 48.5 Å². The molecule has 2 nitrogen and oxygen atoms in total. The summed E-state index contributed by atoms with van der Waals surface area (Å²) in [6.07, 6.45) is 0. The highest BCUT2D eigenvalue weighted by Crippen LogP contribution is 2.18. The highest BCUT2D eigenvalue weighted by molar-refractivity contribution is 5.83. The van der Waals surface area contributed by atoms with Crippen LogP contribution in [-0.4, -0.2) is 5.11 Å². The van der Waals surface area contributed by atoms with Gasteiger partial charge in [-0.25, -0.2) is 0 Å². The molecule has 2 heteroatoms. The Morgan fingerprint density at radius 3 is 1.89 bits per heavy atom. The van der Waals surface area contributed by atoms with Crippen LogP contribution in [0.15, 0.2) is 72.8 Å². The van der Waals surface area contributed by atoms with Crippen LogP contribution < -0.4 is 5.73 Å². The molecule has 0 spiro atoms. The van der Waals surface area contributed by atoms with Gasteiger partial charge in [0.05, 0.1) is 0 Å². The van der Waals surface area contributed by atoms with E-state index >= 15 is 0 Å². The molecule has 0 atom stereocenters. The number of benzene rings is 3. The van der Waals surface area contributed by atoms with E-state index in [1.165, 1.54) is 0 Å². The predicted octanol–water partition coefficient (Wildman–Crippen LogP) is 3.81. The maximum Gasteiger partial charge on any atom is 0.116 e. The third-order valence-electron chi connectivity index (χ3n) is 2.53. The van der Waals surface area contributed by atoms with Crippen LogP contribution in [0.2, 0.25) is 0 Å². The van der Waals surface area contributed by atoms with Gasteiger partial charge in [0, 0.05) is 5.69 Å². The smallest absolute Gasteiger partial charge is 0.116 e. The number of nitrogen functional groups attached to an aromatic ring is 1. The van der Waals surface area contributed by atoms with Gasteiger partial charge in [-0.15, -0.1) is 0 Å². The summed E-state index contributed by atoms with van der Waals surface area (Å²) in [6, 6.07) is 22.8. The van der Waals surface area contributed by atoms with E-state index in [4.69, 9.17) is 10.8 Å². The molecular weight excluding hydrogens is 222 g/mol. The van der Waals surface area contributed by atoms with E-state index < -0.39 is 0 Å². The lowest BCUT2D eigenvalue weighted by molar-refractivity contribution is 0.476. The second-order valence-electron chi connectivity index (χ2n) is 3.94. The maximum atomic E-state index is 9.13. The Hall–Kier alpha value is -2.48. The summed E-state index contributed by atoms with van der Waals surface area (Å²) in [7, 11) is 0. The lowest BCUT2D eigenvalue weighted by Gasteiger charge is -1.96. The van der Waals surface area contributed by atoms with Crippen molar-refractivity contribution < 1.29 is 5.11 Å². The number of phenols is 1. The fourth-order valence-electron chi connectivity index (χ4n) is 1.63. The van der Waals surface area contributed by atoms with E-state index in [1.54, 1.807) is 12.1 Å². The minimum absolute atomic E-state index is 0.323. The average Bonchev–Trinajstić information content (AvgIpc) is 2.40. The number of aromatic hydroxyl groups is 1. The van der Waals surface area contributed by atoms with Gasteiger partial charge in [-0.3, -0.25) is 0 Å². The van der Waals surface area contributed by atoms with E-state index in [-0.39, 0.29) is 0 Å². The zero-order chi connectivity index (χ0) is 12.8. The van der Waals surface area contributed by atoms with Crippen LogP contribution in [0.3, 0.4) is 0 Å². The second kappa shape index (κ2) is 5.73. The Morgan fingerprint density at radius 2 is 1.28 bits per heavy atom. The van der Waals surface area contributed by atoms with Crippen LogP contribution in [0, 0.1) is 0 Å². The van der Waals surface area contributed by atoms with Crippen molar-refractivity contribution in [2.75, 3.05) is 5.73 Å². The van der Waals surface area contributed by atoms with Crippen molar-refractivity contribution in [2.45, 2.75) is 0 Å². The molecule has 0 fully saturated rings. The molecule has 3 aromatic rings. The van der Waals surface area contributed by atoms with Crippen molar-refractivity contribution >= 4 is 16.5 Å². The van der Waals surface area contributed by atoms with Gasteiger partial charge < -0.3 is 10.8 Å². The van der Waals surface area contributed by atoms with Crippen LogP contribution >= 0.6 is 0 Å². The molecule has 0 saturated carbocycles. The Morgan fingerprint density at radius 1 is 0.667 bits per heavy atom. The SMILES string of the molecule is Nc1ccccc1.Oc1ccc2ccccc2c1. The summed E-state index contributed by atoms with van der Waals surface area (Å²) in [5.41, 5.74) is 6.18. The quantitative estimate of drug-likeness (QED) is 0.584. The maximum absolute atomic E-state index is 9.13. The molecule has 0 aromatic heterocycles. The molecule has 0 unspecified atom stereocenters. The van der Waals surface area contributed by atoms with E-state index in [0.717, 1.165) is 16.5 Å². The summed E-state index contributed by atoms with van der Waals surface area (Å²) >= 11 is 0. The molecule has 0 aliphatic rings. The van der Waals surface area contributed by atoms with Gasteiger partial charge in [0.25, 0.3) is 0 Å². The van der Waals surface area contributed by atoms with Crippen molar-refractivity contribution in [3.8, 4) is 5.75 Å². The number of fused-ring (bicyclic) bond motifs is 1. The van der Waals surface area contributed by atoms with Gasteiger partial charge in [-0.2, -0.15) is 0 Å². The zero-order valence-corrected chi connectivity index (χ0v) is 9.95. The van der Waals surface area contributed by atoms with Crippen molar-refractivity contribution in [1.82, 2.24) is 0 Å². The van der Waals surface area contributed by atoms with Crippen LogP contribution in [0.25, 0.3) is 10.8 Å². The Labute approximate surface area is 106 Å². The number of nitrogens with two attached hydrogens (primary N) is 1. The van der Waals surface area contributed by atoms with Crippen molar-refractivity contribution in [1.29, 1.82) is 0 Å². The zero-order valence-electron chi connectivity index (χ0n) is 9.95. The minimum atomic E-state index is 0.323. The fraction of sp³-hybridized carbons (Fsp3) is 0. The predicted molar refractivity (Wildman–Crippen MR) is 76.5 cm³/mol. The van der Waals surface area contributed by atoms with Gasteiger partial charge in [0.15, 0.2) is 0 Å². The van der Waals surface area contributed by atoms with E-state index in [9.17, 15) is 0 Å². The molecule has 18 heavy (non-hydrogen) atoms. The third kappa shape index (κ3) is 3.25. The monoisotopic (exact) mass is 237 g/mol. The summed E-state index contributed by atoms with van der Waals surface area (Å²) in [4.78, 5) is 0. The minimum Gasteiger partial charge on any atom is -0.508 e. The molecule has 3 aromatic carbocycles. The van der Waals surface area contributed by atoms with Gasteiger partial charge >= 0.3 is 0 Å². The molecular formula is C16H15NO. The van der Waals surface area contributed by atoms with E-state index in [1.807, 2.05) is 60.7 Å². The van der Waals surface area contributed by atoms with Crippen molar-refractivity contribution in [3.63, 3.8) is 0 Å². The normalized spacial score (nSPS) is 9.56. The first kappa shape index (κ1) is 12.0. The molecule has 0 heterocycles. The van der Waals surface area contributed by atoms with Gasteiger partial charge in [0.2, 0.25) is 0 Å². The van der Waals surface area contributed by atoms with Crippen molar-refractivity contribution in [3.05, 3.63) is 72.8 Å². The molecule has 0 aliphatic heterocycles. The summed E-state index contributed by atoms with van der Waals surface area (Å²) in [6.45, 7) is 0. The highest BCUT2D eigenvalue weighted by atomic mass is 16.3. The van der Waals surface area contributed by atoms with Gasteiger partial charge in [0.1, 0.15) is 5.75 Å². The largest absolute Gasteiger partial charge is 0.508 e. The first-order valence-electron chi connectivity index (χ1n) is 5.74. The first-order valence-corrected chi connectivity index (χ1v) is 5.74. The van der Waals surface area contributed by atoms with Crippen LogP contribution in [0.4, 0.5) is 5.69 Å². The lowest BCUT2D eigenvalue weighted by atomic mass is 10.1. The average molecular weight is 237 g/mol. The molecule has 3 N–H and O–H groups in total. The van der Waals surface area contributed by atoms with E-state index in [2.05, 4.69) is 0 Å². The molecule has 0 aliphatic carbocycles. The lowest BCUT2D eigenvalue weighted by Crippen LogP contribution is -1.79. The number of hydrogen-bond donors (Lipinski definition) is 2. The molecule has 0 radical (unpaired) electrons. The van der Waals surface area contributed by atoms with Crippen LogP contribution in [-0.2, 0) is 0 Å². The molecule has 0 amide bonds. The summed E-state index contributed by atoms with van der Waals surface area (Å²) in [5.74, 6) is 0.323. The number of phenolic OH excluding ortho intramolecular Hbond substituents is 1. The van der Waals surface area contributed by atoms with Gasteiger partial charge in [-0.05, 0) is 35.0 Å². The first-order chi connectivity index (χ1) is 8.75. The molecule has 90 valence electrons. The number of para-hydroxylation sites is 1. The summed E-state index contributed by atoms with van der Waals surface area (Å²) < 4.78 is 0. The Balaban J connectivity index is 0.000000149. The number of rotatable bonds is 0. The van der Waals surface area contributed by atoms with Crippen molar-refractivity contribution in [2.24, 2.45) is 0 Å². The highest BCUT2D eigenvalue weighted by Gasteiger charge is 1.91. The van der Waals surface area contributed by atoms with Crippen LogP contribution in [0.5, 0.6) is 5.75 Å². The summed E-state index contributed by atoms with van der Waals surface area (Å²) in [5, 5.41) is 11.4. The number of anilines is 1. The second-order valence-corrected chi connectivity index (χ2v) is 3.94. The Bertz CT molecular complexity index is 620. The van der Waals surface area contributed by atoms with E-state index in [0.29, 0.717) is 5.75 Å². The topological polar surface area (TPSA) is 46.2 Å². The molecule has 0 bridgehead atoms.